The quantitative estimate of drug-likeness (QED) is 0.273. The Balaban J connectivity index is 3.00. The molecule has 0 aromatic rings. The summed E-state index contributed by atoms with van der Waals surface area (Å²) in [6, 6.07) is 0. The van der Waals surface area contributed by atoms with Crippen LogP contribution in [0.2, 0.25) is 5.54 Å². The van der Waals surface area contributed by atoms with E-state index in [4.69, 9.17) is 22.8 Å². The highest BCUT2D eigenvalue weighted by molar-refractivity contribution is 6.63. The van der Waals surface area contributed by atoms with Gasteiger partial charge in [0.1, 0.15) is 6.10 Å². The lowest BCUT2D eigenvalue weighted by Crippen LogP contribution is -2.53. The molecule has 3 atom stereocenters. The summed E-state index contributed by atoms with van der Waals surface area (Å²) >= 11 is 0. The lowest BCUT2D eigenvalue weighted by Gasteiger charge is -2.37. The minimum atomic E-state index is -2.85. The van der Waals surface area contributed by atoms with Crippen LogP contribution < -0.4 is 0 Å². The third-order valence-electron chi connectivity index (χ3n) is 3.73. The molecule has 0 aromatic heterocycles. The van der Waals surface area contributed by atoms with E-state index in [1.165, 1.54) is 0 Å². The number of rotatable bonds is 14. The number of allylic oxidation sites excluding steroid dienone is 1. The number of hydrogen-bond donors (Lipinski definition) is 0. The van der Waals surface area contributed by atoms with Gasteiger partial charge in [-0.05, 0) is 33.6 Å². The molecule has 0 N–H and O–H groups in total. The fourth-order valence-corrected chi connectivity index (χ4v) is 5.83. The highest BCUT2D eigenvalue weighted by atomic mass is 28.4. The van der Waals surface area contributed by atoms with Crippen LogP contribution in [0.5, 0.6) is 0 Å². The Morgan fingerprint density at radius 1 is 1.04 bits per heavy atom. The van der Waals surface area contributed by atoms with Crippen LogP contribution in [0.4, 0.5) is 0 Å². The zero-order valence-electron chi connectivity index (χ0n) is 15.4. The fourth-order valence-electron chi connectivity index (χ4n) is 2.64. The Hall–Kier alpha value is -0.243. The van der Waals surface area contributed by atoms with Crippen LogP contribution in [0.15, 0.2) is 12.2 Å². The van der Waals surface area contributed by atoms with E-state index < -0.39 is 8.80 Å². The molecule has 1 rings (SSSR count). The van der Waals surface area contributed by atoms with Gasteiger partial charge in [0, 0.05) is 19.8 Å². The van der Waals surface area contributed by atoms with Crippen molar-refractivity contribution in [2.45, 2.75) is 65.2 Å². The predicted octanol–water partition coefficient (Wildman–Crippen LogP) is 3.57. The molecule has 5 nitrogen and oxygen atoms in total. The number of hydrogen-bond acceptors (Lipinski definition) is 5. The molecule has 0 aromatic carbocycles. The van der Waals surface area contributed by atoms with E-state index in [0.29, 0.717) is 26.4 Å². The van der Waals surface area contributed by atoms with Crippen molar-refractivity contribution in [3.8, 4) is 0 Å². The second-order valence-electron chi connectivity index (χ2n) is 5.50. The van der Waals surface area contributed by atoms with Gasteiger partial charge in [-0.1, -0.05) is 26.0 Å². The summed E-state index contributed by atoms with van der Waals surface area (Å²) in [7, 11) is -2.85. The third-order valence-corrected chi connectivity index (χ3v) is 7.18. The molecule has 1 fully saturated rings. The maximum absolute atomic E-state index is 6.14. The topological polar surface area (TPSA) is 49.5 Å². The van der Waals surface area contributed by atoms with E-state index in [0.717, 1.165) is 19.4 Å². The Morgan fingerprint density at radius 3 is 2.00 bits per heavy atom. The monoisotopic (exact) mass is 346 g/mol. The van der Waals surface area contributed by atoms with Gasteiger partial charge in [-0.15, -0.1) is 0 Å². The van der Waals surface area contributed by atoms with Gasteiger partial charge in [-0.3, -0.25) is 0 Å². The van der Waals surface area contributed by atoms with Gasteiger partial charge in [-0.25, -0.2) is 0 Å². The summed E-state index contributed by atoms with van der Waals surface area (Å²) in [6.45, 7) is 13.4. The van der Waals surface area contributed by atoms with Gasteiger partial charge in [-0.2, -0.15) is 0 Å². The Bertz CT molecular complexity index is 316. The van der Waals surface area contributed by atoms with Crippen molar-refractivity contribution in [3.05, 3.63) is 12.2 Å². The number of epoxide rings is 1. The van der Waals surface area contributed by atoms with E-state index >= 15 is 0 Å². The molecule has 0 spiro atoms. The molecule has 1 saturated heterocycles. The SMILES string of the molecule is CCC=CC(C(CC)OCC1CO1)[Si](OCC)(OCC)OCC. The summed E-state index contributed by atoms with van der Waals surface area (Å²) in [5, 5.41) is 0. The van der Waals surface area contributed by atoms with Crippen molar-refractivity contribution in [3.63, 3.8) is 0 Å². The summed E-state index contributed by atoms with van der Waals surface area (Å²) in [4.78, 5) is 0. The van der Waals surface area contributed by atoms with E-state index in [-0.39, 0.29) is 17.7 Å². The Morgan fingerprint density at radius 2 is 1.61 bits per heavy atom. The average Bonchev–Trinajstić information content (AvgIpc) is 3.35. The second-order valence-corrected chi connectivity index (χ2v) is 8.24. The molecular formula is C17H34O5Si. The standard InChI is InChI=1S/C17H34O5Si/c1-6-11-12-17(16(7-2)19-14-15-13-18-15)23(20-8-3,21-9-4)22-10-5/h11-12,15-17H,6-10,13-14H2,1-5H3. The molecule has 0 radical (unpaired) electrons. The van der Waals surface area contributed by atoms with E-state index in [2.05, 4.69) is 26.0 Å². The van der Waals surface area contributed by atoms with Crippen LogP contribution in [0.1, 0.15) is 47.5 Å². The van der Waals surface area contributed by atoms with Crippen molar-refractivity contribution < 1.29 is 22.8 Å². The zero-order valence-corrected chi connectivity index (χ0v) is 16.4. The van der Waals surface area contributed by atoms with Gasteiger partial charge < -0.3 is 22.8 Å². The van der Waals surface area contributed by atoms with Crippen LogP contribution in [0.3, 0.4) is 0 Å². The van der Waals surface area contributed by atoms with E-state index in [1.807, 2.05) is 20.8 Å². The smallest absolute Gasteiger partial charge is 0.375 e. The number of ether oxygens (including phenoxy) is 2. The van der Waals surface area contributed by atoms with Crippen LogP contribution in [0, 0.1) is 0 Å². The second kappa shape index (κ2) is 11.3. The highest BCUT2D eigenvalue weighted by Gasteiger charge is 2.51. The van der Waals surface area contributed by atoms with Crippen molar-refractivity contribution in [2.75, 3.05) is 33.0 Å². The Labute approximate surface area is 142 Å². The van der Waals surface area contributed by atoms with Crippen molar-refractivity contribution in [2.24, 2.45) is 0 Å². The first-order chi connectivity index (χ1) is 11.2. The van der Waals surface area contributed by atoms with Crippen molar-refractivity contribution in [1.82, 2.24) is 0 Å². The maximum Gasteiger partial charge on any atom is 0.510 e. The highest BCUT2D eigenvalue weighted by Crippen LogP contribution is 2.34. The van der Waals surface area contributed by atoms with Gasteiger partial charge in [0.05, 0.1) is 24.9 Å². The first-order valence-corrected chi connectivity index (χ1v) is 10.8. The van der Waals surface area contributed by atoms with Gasteiger partial charge >= 0.3 is 8.80 Å². The summed E-state index contributed by atoms with van der Waals surface area (Å²) in [5.41, 5.74) is 0.00560. The molecule has 0 amide bonds. The first kappa shape index (κ1) is 20.8. The molecular weight excluding hydrogens is 312 g/mol. The zero-order chi connectivity index (χ0) is 17.1. The van der Waals surface area contributed by atoms with E-state index in [1.54, 1.807) is 0 Å². The predicted molar refractivity (Wildman–Crippen MR) is 93.6 cm³/mol. The van der Waals surface area contributed by atoms with Gasteiger partial charge in [0.2, 0.25) is 0 Å². The first-order valence-electron chi connectivity index (χ1n) is 8.98. The van der Waals surface area contributed by atoms with Crippen LogP contribution in [-0.2, 0) is 22.8 Å². The molecule has 1 heterocycles. The molecule has 136 valence electrons. The summed E-state index contributed by atoms with van der Waals surface area (Å²) in [6.07, 6.45) is 6.44. The lowest BCUT2D eigenvalue weighted by atomic mass is 10.1. The lowest BCUT2D eigenvalue weighted by molar-refractivity contribution is 0.00532. The minimum Gasteiger partial charge on any atom is -0.375 e. The molecule has 0 bridgehead atoms. The molecule has 3 unspecified atom stereocenters. The maximum atomic E-state index is 6.14. The van der Waals surface area contributed by atoms with E-state index in [9.17, 15) is 0 Å². The molecule has 1 aliphatic heterocycles. The molecule has 0 saturated carbocycles. The van der Waals surface area contributed by atoms with Crippen molar-refractivity contribution in [1.29, 1.82) is 0 Å². The van der Waals surface area contributed by atoms with Gasteiger partial charge in [0.25, 0.3) is 0 Å². The largest absolute Gasteiger partial charge is 0.510 e. The van der Waals surface area contributed by atoms with Crippen LogP contribution >= 0.6 is 0 Å². The molecule has 0 aliphatic carbocycles. The summed E-state index contributed by atoms with van der Waals surface area (Å²) < 4.78 is 29.7. The minimum absolute atomic E-state index is 0.00560. The summed E-state index contributed by atoms with van der Waals surface area (Å²) in [5.74, 6) is 0. The molecule has 1 aliphatic rings. The molecule has 23 heavy (non-hydrogen) atoms. The molecule has 6 heteroatoms. The van der Waals surface area contributed by atoms with Crippen LogP contribution in [0.25, 0.3) is 0 Å². The van der Waals surface area contributed by atoms with Crippen molar-refractivity contribution >= 4 is 8.80 Å². The fraction of sp³-hybridized carbons (Fsp3) is 0.882. The average molecular weight is 347 g/mol. The Kier molecular flexibility index (Phi) is 10.3. The third kappa shape index (κ3) is 6.64. The normalized spacial score (nSPS) is 20.8. The van der Waals surface area contributed by atoms with Gasteiger partial charge in [0.15, 0.2) is 0 Å². The van der Waals surface area contributed by atoms with Crippen LogP contribution in [-0.4, -0.2) is 54.0 Å².